The number of aliphatic carboxylic acids is 1. The average molecular weight is 420 g/mol. The molecule has 4 heteroatoms. The maximum atomic E-state index is 13.1. The molecular weight excluding hydrogens is 386 g/mol. The first-order valence-corrected chi connectivity index (χ1v) is 11.4. The fraction of sp³-hybridized carbons (Fsp3) is 0.481. The van der Waals surface area contributed by atoms with Gasteiger partial charge in [0.2, 0.25) is 0 Å². The van der Waals surface area contributed by atoms with Gasteiger partial charge in [-0.1, -0.05) is 63.2 Å². The fourth-order valence-electron chi connectivity index (χ4n) is 5.29. The van der Waals surface area contributed by atoms with Crippen LogP contribution in [0.5, 0.6) is 0 Å². The Morgan fingerprint density at radius 3 is 2.03 bits per heavy atom. The molecule has 0 aliphatic heterocycles. The third-order valence-electron chi connectivity index (χ3n) is 7.71. The van der Waals surface area contributed by atoms with Crippen molar-refractivity contribution in [3.8, 4) is 11.1 Å². The lowest BCUT2D eigenvalue weighted by molar-refractivity contribution is -0.158. The molecule has 164 valence electrons. The van der Waals surface area contributed by atoms with Gasteiger partial charge >= 0.3 is 5.97 Å². The van der Waals surface area contributed by atoms with Crippen molar-refractivity contribution in [3.05, 3.63) is 59.7 Å². The van der Waals surface area contributed by atoms with Crippen LogP contribution in [0.1, 0.15) is 75.2 Å². The van der Waals surface area contributed by atoms with E-state index < -0.39 is 11.4 Å². The lowest BCUT2D eigenvalue weighted by atomic mass is 9.53. The zero-order chi connectivity index (χ0) is 22.3. The van der Waals surface area contributed by atoms with E-state index in [9.17, 15) is 14.7 Å². The first kappa shape index (κ1) is 21.6. The SMILES string of the molecule is CC(C)(C)c1ccc(-c2ccccc2C(=O)NCC23CCC(C(=O)O)(CC2)CC3)cc1. The third kappa shape index (κ3) is 4.13. The lowest BCUT2D eigenvalue weighted by Gasteiger charge is -2.51. The number of rotatable bonds is 5. The Labute approximate surface area is 185 Å². The summed E-state index contributed by atoms with van der Waals surface area (Å²) < 4.78 is 0. The second-order valence-corrected chi connectivity index (χ2v) is 10.6. The third-order valence-corrected chi connectivity index (χ3v) is 7.71. The molecule has 0 spiro atoms. The number of carboxylic acid groups (broad SMARTS) is 1. The van der Waals surface area contributed by atoms with Crippen molar-refractivity contribution in [1.82, 2.24) is 5.32 Å². The first-order chi connectivity index (χ1) is 14.6. The Kier molecular flexibility index (Phi) is 5.45. The number of hydrogen-bond donors (Lipinski definition) is 2. The highest BCUT2D eigenvalue weighted by atomic mass is 16.4. The van der Waals surface area contributed by atoms with Gasteiger partial charge < -0.3 is 10.4 Å². The van der Waals surface area contributed by atoms with Gasteiger partial charge in [-0.3, -0.25) is 9.59 Å². The van der Waals surface area contributed by atoms with Crippen LogP contribution in [0.3, 0.4) is 0 Å². The van der Waals surface area contributed by atoms with Crippen molar-refractivity contribution < 1.29 is 14.7 Å². The van der Waals surface area contributed by atoms with E-state index in [1.54, 1.807) is 0 Å². The number of carbonyl (C=O) groups excluding carboxylic acids is 1. The second-order valence-electron chi connectivity index (χ2n) is 10.6. The van der Waals surface area contributed by atoms with Crippen molar-refractivity contribution in [2.75, 3.05) is 6.54 Å². The molecule has 3 fully saturated rings. The topological polar surface area (TPSA) is 66.4 Å². The molecule has 2 aromatic rings. The van der Waals surface area contributed by atoms with Gasteiger partial charge in [-0.15, -0.1) is 0 Å². The minimum atomic E-state index is -0.642. The molecule has 4 nitrogen and oxygen atoms in total. The van der Waals surface area contributed by atoms with Crippen LogP contribution in [0.15, 0.2) is 48.5 Å². The Balaban J connectivity index is 1.48. The summed E-state index contributed by atoms with van der Waals surface area (Å²) in [5.74, 6) is -0.693. The van der Waals surface area contributed by atoms with Gasteiger partial charge in [0.15, 0.2) is 0 Å². The van der Waals surface area contributed by atoms with Gasteiger partial charge in [0.1, 0.15) is 0 Å². The zero-order valence-corrected chi connectivity index (χ0v) is 18.8. The Morgan fingerprint density at radius 2 is 1.48 bits per heavy atom. The Bertz CT molecular complexity index is 960. The van der Waals surface area contributed by atoms with Crippen LogP contribution in [0, 0.1) is 10.8 Å². The van der Waals surface area contributed by atoms with Gasteiger partial charge in [-0.2, -0.15) is 0 Å². The molecule has 0 heterocycles. The number of amides is 1. The normalized spacial score (nSPS) is 25.3. The first-order valence-electron chi connectivity index (χ1n) is 11.4. The minimum Gasteiger partial charge on any atom is -0.481 e. The van der Waals surface area contributed by atoms with E-state index in [-0.39, 0.29) is 16.7 Å². The van der Waals surface area contributed by atoms with Crippen LogP contribution in [0.25, 0.3) is 11.1 Å². The summed E-state index contributed by atoms with van der Waals surface area (Å²) in [7, 11) is 0. The number of carboxylic acids is 1. The van der Waals surface area contributed by atoms with Crippen LogP contribution in [0.4, 0.5) is 0 Å². The van der Waals surface area contributed by atoms with Crippen LogP contribution < -0.4 is 5.32 Å². The number of hydrogen-bond acceptors (Lipinski definition) is 2. The second kappa shape index (κ2) is 7.81. The molecular formula is C27H33NO3. The van der Waals surface area contributed by atoms with Gasteiger partial charge in [0.25, 0.3) is 5.91 Å². The lowest BCUT2D eigenvalue weighted by Crippen LogP contribution is -2.50. The summed E-state index contributed by atoms with van der Waals surface area (Å²) in [5, 5.41) is 12.8. The quantitative estimate of drug-likeness (QED) is 0.643. The fourth-order valence-corrected chi connectivity index (χ4v) is 5.29. The van der Waals surface area contributed by atoms with Crippen molar-refractivity contribution in [3.63, 3.8) is 0 Å². The Morgan fingerprint density at radius 1 is 0.903 bits per heavy atom. The van der Waals surface area contributed by atoms with Crippen molar-refractivity contribution in [2.45, 2.75) is 64.7 Å². The highest BCUT2D eigenvalue weighted by Gasteiger charge is 2.52. The van der Waals surface area contributed by atoms with Crippen molar-refractivity contribution >= 4 is 11.9 Å². The van der Waals surface area contributed by atoms with Crippen molar-refractivity contribution in [2.24, 2.45) is 10.8 Å². The highest BCUT2D eigenvalue weighted by Crippen LogP contribution is 2.56. The zero-order valence-electron chi connectivity index (χ0n) is 18.8. The number of benzene rings is 2. The molecule has 2 aromatic carbocycles. The summed E-state index contributed by atoms with van der Waals surface area (Å²) in [4.78, 5) is 24.8. The molecule has 3 saturated carbocycles. The monoisotopic (exact) mass is 419 g/mol. The summed E-state index contributed by atoms with van der Waals surface area (Å²) >= 11 is 0. The summed E-state index contributed by atoms with van der Waals surface area (Å²) in [6.45, 7) is 7.21. The summed E-state index contributed by atoms with van der Waals surface area (Å²) in [5.41, 5.74) is 3.56. The molecule has 0 aromatic heterocycles. The number of carbonyl (C=O) groups is 2. The van der Waals surface area contributed by atoms with E-state index in [2.05, 4.69) is 50.4 Å². The molecule has 0 atom stereocenters. The maximum absolute atomic E-state index is 13.1. The highest BCUT2D eigenvalue weighted by molar-refractivity contribution is 6.00. The molecule has 2 N–H and O–H groups in total. The maximum Gasteiger partial charge on any atom is 0.309 e. The number of fused-ring (bicyclic) bond motifs is 3. The predicted octanol–water partition coefficient (Wildman–Crippen LogP) is 5.81. The van der Waals surface area contributed by atoms with Crippen LogP contribution in [-0.4, -0.2) is 23.5 Å². The summed E-state index contributed by atoms with van der Waals surface area (Å²) in [6.07, 6.45) is 4.85. The molecule has 0 saturated heterocycles. The van der Waals surface area contributed by atoms with Crippen LogP contribution in [0.2, 0.25) is 0 Å². The standard InChI is InChI=1S/C27H33NO3/c1-25(2,3)20-10-8-19(9-11-20)21-6-4-5-7-22(21)23(29)28-18-26-12-15-27(16-13-26,17-14-26)24(30)31/h4-11H,12-18H2,1-3H3,(H,28,29)(H,30,31). The number of nitrogens with one attached hydrogen (secondary N) is 1. The predicted molar refractivity (Wildman–Crippen MR) is 123 cm³/mol. The van der Waals surface area contributed by atoms with E-state index in [4.69, 9.17) is 0 Å². The van der Waals surface area contributed by atoms with E-state index >= 15 is 0 Å². The molecule has 0 radical (unpaired) electrons. The summed E-state index contributed by atoms with van der Waals surface area (Å²) in [6, 6.07) is 16.2. The van der Waals surface area contributed by atoms with E-state index in [0.29, 0.717) is 12.1 Å². The van der Waals surface area contributed by atoms with E-state index in [1.165, 1.54) is 5.56 Å². The largest absolute Gasteiger partial charge is 0.481 e. The van der Waals surface area contributed by atoms with E-state index in [0.717, 1.165) is 49.7 Å². The van der Waals surface area contributed by atoms with Crippen LogP contribution >= 0.6 is 0 Å². The minimum absolute atomic E-state index is 0.0504. The smallest absolute Gasteiger partial charge is 0.309 e. The Hall–Kier alpha value is -2.62. The van der Waals surface area contributed by atoms with Gasteiger partial charge in [-0.25, -0.2) is 0 Å². The van der Waals surface area contributed by atoms with Gasteiger partial charge in [0, 0.05) is 12.1 Å². The van der Waals surface area contributed by atoms with Crippen molar-refractivity contribution in [1.29, 1.82) is 0 Å². The molecule has 1 amide bonds. The molecule has 5 rings (SSSR count). The average Bonchev–Trinajstić information content (AvgIpc) is 2.78. The molecule has 0 unspecified atom stereocenters. The molecule has 2 bridgehead atoms. The molecule has 3 aliphatic carbocycles. The van der Waals surface area contributed by atoms with E-state index in [1.807, 2.05) is 24.3 Å². The van der Waals surface area contributed by atoms with Gasteiger partial charge in [-0.05, 0) is 72.1 Å². The molecule has 31 heavy (non-hydrogen) atoms. The molecule has 3 aliphatic rings. The van der Waals surface area contributed by atoms with Gasteiger partial charge in [0.05, 0.1) is 5.41 Å². The van der Waals surface area contributed by atoms with Crippen LogP contribution in [-0.2, 0) is 10.2 Å².